The Morgan fingerprint density at radius 3 is 1.41 bits per heavy atom. The lowest BCUT2D eigenvalue weighted by molar-refractivity contribution is -0.966. The SMILES string of the molecule is CCC/C=C/CCCCC[N+](Cc1ccccc1)(Cc1ccccc1)Cc1ccccc1. The monoisotopic (exact) mass is 426 g/mol. The van der Waals surface area contributed by atoms with E-state index in [0.29, 0.717) is 0 Å². The molecule has 0 aromatic heterocycles. The largest absolute Gasteiger partial charge is 0.312 e. The van der Waals surface area contributed by atoms with E-state index < -0.39 is 0 Å². The predicted octanol–water partition coefficient (Wildman–Crippen LogP) is 8.32. The number of nitrogens with zero attached hydrogens (tertiary/aromatic N) is 1. The van der Waals surface area contributed by atoms with Crippen LogP contribution in [0.2, 0.25) is 0 Å². The van der Waals surface area contributed by atoms with Crippen molar-refractivity contribution in [3.63, 3.8) is 0 Å². The Morgan fingerprint density at radius 2 is 0.969 bits per heavy atom. The van der Waals surface area contributed by atoms with Gasteiger partial charge in [-0.05, 0) is 32.1 Å². The lowest BCUT2D eigenvalue weighted by Crippen LogP contribution is -2.46. The lowest BCUT2D eigenvalue weighted by atomic mass is 10.0. The van der Waals surface area contributed by atoms with Crippen molar-refractivity contribution in [3.05, 3.63) is 120 Å². The number of allylic oxidation sites excluding steroid dienone is 2. The fourth-order valence-corrected chi connectivity index (χ4v) is 4.61. The van der Waals surface area contributed by atoms with E-state index in [2.05, 4.69) is 110 Å². The molecule has 0 heterocycles. The third-order valence-corrected chi connectivity index (χ3v) is 6.21. The third-order valence-electron chi connectivity index (χ3n) is 6.21. The molecule has 0 saturated heterocycles. The molecule has 0 N–H and O–H groups in total. The highest BCUT2D eigenvalue weighted by Gasteiger charge is 2.28. The van der Waals surface area contributed by atoms with Crippen LogP contribution in [-0.2, 0) is 19.6 Å². The molecule has 0 atom stereocenters. The van der Waals surface area contributed by atoms with Crippen molar-refractivity contribution in [2.45, 2.75) is 65.1 Å². The Bertz CT molecular complexity index is 782. The quantitative estimate of drug-likeness (QED) is 0.138. The van der Waals surface area contributed by atoms with E-state index in [0.717, 1.165) is 24.1 Å². The summed E-state index contributed by atoms with van der Waals surface area (Å²) < 4.78 is 1.07. The summed E-state index contributed by atoms with van der Waals surface area (Å²) in [7, 11) is 0. The van der Waals surface area contributed by atoms with E-state index in [1.165, 1.54) is 61.8 Å². The van der Waals surface area contributed by atoms with Gasteiger partial charge in [0.2, 0.25) is 0 Å². The van der Waals surface area contributed by atoms with Crippen molar-refractivity contribution in [2.24, 2.45) is 0 Å². The molecule has 3 rings (SSSR count). The van der Waals surface area contributed by atoms with Crippen molar-refractivity contribution in [3.8, 4) is 0 Å². The molecule has 0 aliphatic rings. The van der Waals surface area contributed by atoms with Crippen molar-refractivity contribution >= 4 is 0 Å². The van der Waals surface area contributed by atoms with E-state index in [1.807, 2.05) is 0 Å². The van der Waals surface area contributed by atoms with Gasteiger partial charge in [-0.15, -0.1) is 0 Å². The lowest BCUT2D eigenvalue weighted by Gasteiger charge is -2.39. The summed E-state index contributed by atoms with van der Waals surface area (Å²) in [6, 6.07) is 33.2. The molecular weight excluding hydrogens is 386 g/mol. The second-order valence-electron chi connectivity index (χ2n) is 9.11. The summed E-state index contributed by atoms with van der Waals surface area (Å²) in [5.74, 6) is 0. The summed E-state index contributed by atoms with van der Waals surface area (Å²) in [5.41, 5.74) is 4.30. The molecule has 0 saturated carbocycles. The molecule has 3 aromatic carbocycles. The van der Waals surface area contributed by atoms with Gasteiger partial charge in [-0.2, -0.15) is 0 Å². The van der Waals surface area contributed by atoms with Crippen molar-refractivity contribution in [1.29, 1.82) is 0 Å². The molecular formula is C31H40N+. The highest BCUT2D eigenvalue weighted by atomic mass is 15.3. The third kappa shape index (κ3) is 8.48. The van der Waals surface area contributed by atoms with Gasteiger partial charge in [0.05, 0.1) is 6.54 Å². The Labute approximate surface area is 196 Å². The molecule has 0 spiro atoms. The van der Waals surface area contributed by atoms with Crippen LogP contribution in [0.4, 0.5) is 0 Å². The van der Waals surface area contributed by atoms with E-state index in [1.54, 1.807) is 0 Å². The van der Waals surface area contributed by atoms with Gasteiger partial charge in [-0.1, -0.05) is 116 Å². The first-order valence-electron chi connectivity index (χ1n) is 12.4. The minimum atomic E-state index is 1.07. The molecule has 0 aliphatic heterocycles. The van der Waals surface area contributed by atoms with Crippen LogP contribution in [0.15, 0.2) is 103 Å². The molecule has 0 amide bonds. The van der Waals surface area contributed by atoms with Gasteiger partial charge in [0.15, 0.2) is 0 Å². The normalized spacial score (nSPS) is 11.8. The van der Waals surface area contributed by atoms with E-state index >= 15 is 0 Å². The van der Waals surface area contributed by atoms with Gasteiger partial charge in [-0.3, -0.25) is 0 Å². The maximum Gasteiger partial charge on any atom is 0.105 e. The molecule has 3 aromatic rings. The van der Waals surface area contributed by atoms with Crippen LogP contribution in [0.5, 0.6) is 0 Å². The minimum absolute atomic E-state index is 1.07. The van der Waals surface area contributed by atoms with Gasteiger partial charge in [0.1, 0.15) is 19.6 Å². The second-order valence-corrected chi connectivity index (χ2v) is 9.11. The van der Waals surface area contributed by atoms with Crippen LogP contribution in [0, 0.1) is 0 Å². The van der Waals surface area contributed by atoms with E-state index in [4.69, 9.17) is 0 Å². The van der Waals surface area contributed by atoms with Crippen LogP contribution in [0.3, 0.4) is 0 Å². The predicted molar refractivity (Wildman–Crippen MR) is 138 cm³/mol. The number of unbranched alkanes of at least 4 members (excludes halogenated alkanes) is 4. The Kier molecular flexibility index (Phi) is 10.3. The highest BCUT2D eigenvalue weighted by molar-refractivity contribution is 5.17. The van der Waals surface area contributed by atoms with Gasteiger partial charge in [-0.25, -0.2) is 0 Å². The summed E-state index contributed by atoms with van der Waals surface area (Å²) >= 11 is 0. The maximum absolute atomic E-state index is 2.38. The first kappa shape index (κ1) is 24.0. The van der Waals surface area contributed by atoms with Crippen molar-refractivity contribution < 1.29 is 4.48 Å². The fraction of sp³-hybridized carbons (Fsp3) is 0.355. The zero-order valence-corrected chi connectivity index (χ0v) is 19.8. The molecule has 1 nitrogen and oxygen atoms in total. The molecule has 0 unspecified atom stereocenters. The molecule has 0 bridgehead atoms. The van der Waals surface area contributed by atoms with Gasteiger partial charge in [0, 0.05) is 16.7 Å². The summed E-state index contributed by atoms with van der Waals surface area (Å²) in [5, 5.41) is 0. The average molecular weight is 427 g/mol. The summed E-state index contributed by atoms with van der Waals surface area (Å²) in [6.07, 6.45) is 12.3. The van der Waals surface area contributed by atoms with Crippen LogP contribution < -0.4 is 0 Å². The smallest absolute Gasteiger partial charge is 0.105 e. The molecule has 32 heavy (non-hydrogen) atoms. The van der Waals surface area contributed by atoms with Gasteiger partial charge < -0.3 is 4.48 Å². The first-order chi connectivity index (χ1) is 15.8. The molecule has 1 heteroatoms. The molecule has 0 fully saturated rings. The zero-order chi connectivity index (χ0) is 22.3. The Hall–Kier alpha value is -2.64. The maximum atomic E-state index is 2.38. The van der Waals surface area contributed by atoms with Gasteiger partial charge >= 0.3 is 0 Å². The van der Waals surface area contributed by atoms with E-state index in [9.17, 15) is 0 Å². The number of quaternary nitrogens is 1. The highest BCUT2D eigenvalue weighted by Crippen LogP contribution is 2.25. The van der Waals surface area contributed by atoms with E-state index in [-0.39, 0.29) is 0 Å². The number of benzene rings is 3. The van der Waals surface area contributed by atoms with Crippen molar-refractivity contribution in [1.82, 2.24) is 0 Å². The number of rotatable bonds is 14. The zero-order valence-electron chi connectivity index (χ0n) is 19.8. The topological polar surface area (TPSA) is 0 Å². The molecule has 168 valence electrons. The Morgan fingerprint density at radius 1 is 0.531 bits per heavy atom. The number of hydrogen-bond donors (Lipinski definition) is 0. The standard InChI is InChI=1S/C31H40N/c1-2-3-4-5-6-7-8-18-25-32(26-29-19-12-9-13-20-29,27-30-21-14-10-15-22-30)28-31-23-16-11-17-24-31/h4-5,9-17,19-24H,2-3,6-8,18,25-28H2,1H3/q+1/b5-4+. The van der Waals surface area contributed by atoms with Crippen LogP contribution >= 0.6 is 0 Å². The summed E-state index contributed by atoms with van der Waals surface area (Å²) in [4.78, 5) is 0. The van der Waals surface area contributed by atoms with Crippen LogP contribution in [-0.4, -0.2) is 11.0 Å². The average Bonchev–Trinajstić information content (AvgIpc) is 2.83. The molecule has 0 aliphatic carbocycles. The summed E-state index contributed by atoms with van der Waals surface area (Å²) in [6.45, 7) is 6.66. The van der Waals surface area contributed by atoms with Gasteiger partial charge in [0.25, 0.3) is 0 Å². The minimum Gasteiger partial charge on any atom is -0.312 e. The van der Waals surface area contributed by atoms with Crippen LogP contribution in [0.1, 0.15) is 62.1 Å². The second kappa shape index (κ2) is 13.7. The van der Waals surface area contributed by atoms with Crippen LogP contribution in [0.25, 0.3) is 0 Å². The number of hydrogen-bond acceptors (Lipinski definition) is 0. The Balaban J connectivity index is 1.76. The molecule has 0 radical (unpaired) electrons. The van der Waals surface area contributed by atoms with Crippen molar-refractivity contribution in [2.75, 3.05) is 6.54 Å². The first-order valence-corrected chi connectivity index (χ1v) is 12.4. The fourth-order valence-electron chi connectivity index (χ4n) is 4.61.